The molecule has 0 saturated heterocycles. The van der Waals surface area contributed by atoms with Crippen molar-refractivity contribution in [3.8, 4) is 0 Å². The van der Waals surface area contributed by atoms with Gasteiger partial charge in [-0.15, -0.1) is 0 Å². The van der Waals surface area contributed by atoms with E-state index in [0.717, 1.165) is 0 Å². The first kappa shape index (κ1) is 40.3. The van der Waals surface area contributed by atoms with Crippen LogP contribution in [0.15, 0.2) is 12.4 Å². The van der Waals surface area contributed by atoms with E-state index in [0.29, 0.717) is 18.7 Å². The Morgan fingerprint density at radius 3 is 1.98 bits per heavy atom. The first-order valence-corrected chi connectivity index (χ1v) is 13.9. The summed E-state index contributed by atoms with van der Waals surface area (Å²) in [5.74, 6) is -5.60. The average molecular weight is 645 g/mol. The lowest BCUT2D eigenvalue weighted by atomic mass is 9.72. The van der Waals surface area contributed by atoms with E-state index in [1.165, 1.54) is 21.9 Å². The van der Waals surface area contributed by atoms with E-state index in [9.17, 15) is 43.8 Å². The summed E-state index contributed by atoms with van der Waals surface area (Å²) in [6, 6.07) is -2.18. The normalized spacial score (nSPS) is 11.9. The minimum Gasteiger partial charge on any atom is -0.481 e. The molecule has 1 aromatic heterocycles. The maximum atomic E-state index is 13.2. The molecule has 0 aliphatic carbocycles. The minimum absolute atomic E-state index is 0.0279. The Hall–Kier alpha value is -4.74. The third kappa shape index (κ3) is 14.5. The van der Waals surface area contributed by atoms with Crippen molar-refractivity contribution in [1.82, 2.24) is 30.4 Å². The highest BCUT2D eigenvalue weighted by atomic mass is 16.4. The maximum Gasteiger partial charge on any atom is 0.326 e. The van der Waals surface area contributed by atoms with Crippen LogP contribution in [0.2, 0.25) is 0 Å². The molecule has 0 aliphatic rings. The van der Waals surface area contributed by atoms with Crippen molar-refractivity contribution in [1.29, 1.82) is 0 Å². The number of carboxylic acids is 5. The first-order chi connectivity index (χ1) is 20.8. The molecule has 0 aromatic carbocycles. The maximum absolute atomic E-state index is 13.2. The summed E-state index contributed by atoms with van der Waals surface area (Å²) in [5, 5.41) is 51.2. The van der Waals surface area contributed by atoms with Crippen LogP contribution in [0.3, 0.4) is 0 Å². The van der Waals surface area contributed by atoms with Crippen LogP contribution in [-0.2, 0) is 41.9 Å². The van der Waals surface area contributed by atoms with Crippen molar-refractivity contribution in [2.75, 3.05) is 19.6 Å². The van der Waals surface area contributed by atoms with Gasteiger partial charge in [0.05, 0.1) is 18.5 Å². The van der Waals surface area contributed by atoms with Gasteiger partial charge in [0.15, 0.2) is 0 Å². The van der Waals surface area contributed by atoms with Crippen molar-refractivity contribution in [2.45, 2.75) is 85.0 Å². The van der Waals surface area contributed by atoms with Crippen molar-refractivity contribution in [2.24, 2.45) is 5.41 Å². The number of nitrogens with one attached hydrogen (secondary N) is 3. The van der Waals surface area contributed by atoms with Crippen molar-refractivity contribution < 1.29 is 59.1 Å². The second-order valence-electron chi connectivity index (χ2n) is 10.9. The lowest BCUT2D eigenvalue weighted by Crippen LogP contribution is -2.60. The number of imidazole rings is 1. The molecular formula is C27H44N6O12. The van der Waals surface area contributed by atoms with Crippen LogP contribution in [0.1, 0.15) is 66.1 Å². The molecular weight excluding hydrogens is 600 g/mol. The molecule has 3 amide bonds. The van der Waals surface area contributed by atoms with Gasteiger partial charge >= 0.3 is 35.9 Å². The first-order valence-electron chi connectivity index (χ1n) is 13.9. The van der Waals surface area contributed by atoms with Crippen LogP contribution in [0, 0.1) is 5.41 Å². The fourth-order valence-electron chi connectivity index (χ4n) is 3.76. The van der Waals surface area contributed by atoms with E-state index in [1.807, 2.05) is 5.32 Å². The van der Waals surface area contributed by atoms with Gasteiger partial charge in [-0.3, -0.25) is 28.9 Å². The summed E-state index contributed by atoms with van der Waals surface area (Å²) in [5.41, 5.74) is -2.18. The molecule has 1 aromatic rings. The van der Waals surface area contributed by atoms with Gasteiger partial charge in [0.25, 0.3) is 0 Å². The Labute approximate surface area is 259 Å². The number of carboxylic acid groups (broad SMARTS) is 5. The Morgan fingerprint density at radius 1 is 0.889 bits per heavy atom. The van der Waals surface area contributed by atoms with Gasteiger partial charge in [0.2, 0.25) is 5.91 Å². The molecule has 1 heterocycles. The van der Waals surface area contributed by atoms with Gasteiger partial charge in [-0.05, 0) is 47.0 Å². The highest BCUT2D eigenvalue weighted by molar-refractivity contribution is 5.85. The molecule has 0 radical (unpaired) electrons. The molecule has 18 heteroatoms. The molecule has 45 heavy (non-hydrogen) atoms. The summed E-state index contributed by atoms with van der Waals surface area (Å²) >= 11 is 0. The molecule has 0 spiro atoms. The zero-order valence-corrected chi connectivity index (χ0v) is 26.0. The van der Waals surface area contributed by atoms with E-state index in [4.69, 9.17) is 15.3 Å². The van der Waals surface area contributed by atoms with Gasteiger partial charge < -0.3 is 46.1 Å². The number of urea groups is 1. The third-order valence-corrected chi connectivity index (χ3v) is 7.16. The van der Waals surface area contributed by atoms with Gasteiger partial charge in [-0.2, -0.15) is 0 Å². The molecule has 0 fully saturated rings. The molecule has 1 unspecified atom stereocenters. The lowest BCUT2D eigenvalue weighted by Gasteiger charge is -2.47. The zero-order chi connectivity index (χ0) is 35.0. The SMILES string of the molecule is CC(C)(C(=O)NCCCCC(NC(=O)NCC(=O)O)C(=O)O)C(C)(C)N(CC(=O)O)Cc1nccn1CC(=O)O.CCC(=O)O. The molecule has 8 N–H and O–H groups in total. The van der Waals surface area contributed by atoms with Gasteiger partial charge in [0.1, 0.15) is 25.0 Å². The number of hydrogen-bond acceptors (Lipinski definition) is 9. The number of nitrogens with zero attached hydrogens (tertiary/aromatic N) is 3. The van der Waals surface area contributed by atoms with Crippen LogP contribution >= 0.6 is 0 Å². The van der Waals surface area contributed by atoms with Crippen LogP contribution in [0.5, 0.6) is 0 Å². The number of rotatable bonds is 19. The van der Waals surface area contributed by atoms with Crippen LogP contribution < -0.4 is 16.0 Å². The predicted octanol–water partition coefficient (Wildman–Crippen LogP) is 0.264. The second kappa shape index (κ2) is 18.8. The van der Waals surface area contributed by atoms with Gasteiger partial charge in [-0.25, -0.2) is 14.6 Å². The number of aromatic nitrogens is 2. The Balaban J connectivity index is 0.00000356. The summed E-state index contributed by atoms with van der Waals surface area (Å²) < 4.78 is 1.38. The fourth-order valence-corrected chi connectivity index (χ4v) is 3.76. The molecule has 1 rings (SSSR count). The van der Waals surface area contributed by atoms with E-state index in [2.05, 4.69) is 15.6 Å². The highest BCUT2D eigenvalue weighted by Gasteiger charge is 2.47. The number of unbranched alkanes of at least 4 members (excludes halogenated alkanes) is 1. The highest BCUT2D eigenvalue weighted by Crippen LogP contribution is 2.37. The van der Waals surface area contributed by atoms with E-state index in [1.54, 1.807) is 34.6 Å². The Kier molecular flexibility index (Phi) is 16.8. The van der Waals surface area contributed by atoms with Crippen molar-refractivity contribution >= 4 is 41.8 Å². The number of amides is 3. The Morgan fingerprint density at radius 2 is 1.49 bits per heavy atom. The number of hydrogen-bond donors (Lipinski definition) is 8. The largest absolute Gasteiger partial charge is 0.481 e. The molecule has 1 atom stereocenters. The number of aliphatic carboxylic acids is 5. The molecule has 18 nitrogen and oxygen atoms in total. The van der Waals surface area contributed by atoms with Gasteiger partial charge in [0, 0.05) is 30.9 Å². The predicted molar refractivity (Wildman–Crippen MR) is 156 cm³/mol. The van der Waals surface area contributed by atoms with E-state index >= 15 is 0 Å². The van der Waals surface area contributed by atoms with Crippen LogP contribution in [0.25, 0.3) is 0 Å². The van der Waals surface area contributed by atoms with Gasteiger partial charge in [-0.1, -0.05) is 6.92 Å². The summed E-state index contributed by atoms with van der Waals surface area (Å²) in [6.07, 6.45) is 3.83. The second-order valence-corrected chi connectivity index (χ2v) is 10.9. The lowest BCUT2D eigenvalue weighted by molar-refractivity contribution is -0.147. The van der Waals surface area contributed by atoms with Crippen molar-refractivity contribution in [3.05, 3.63) is 18.2 Å². The van der Waals surface area contributed by atoms with E-state index < -0.39 is 66.0 Å². The van der Waals surface area contributed by atoms with Crippen LogP contribution in [-0.4, -0.2) is 113 Å². The smallest absolute Gasteiger partial charge is 0.326 e. The summed E-state index contributed by atoms with van der Waals surface area (Å²) in [4.78, 5) is 84.7. The van der Waals surface area contributed by atoms with E-state index in [-0.39, 0.29) is 38.4 Å². The Bertz CT molecular complexity index is 1200. The number of carbonyl (C=O) groups is 7. The third-order valence-electron chi connectivity index (χ3n) is 7.16. The standard InChI is InChI=1S/C24H38N6O10.C3H6O2/c1-23(2,21(39)26-8-6-5-7-15(20(37)38)28-22(40)27-11-17(31)32)24(3,4)30(14-19(35)36)12-16-25-9-10-29(16)13-18(33)34;1-2-3(4)5/h9-10,15H,5-8,11-14H2,1-4H3,(H,26,39)(H,31,32)(H,33,34)(H,35,36)(H,37,38)(H2,27,28,40);2H2,1H3,(H,4,5). The average Bonchev–Trinajstić information content (AvgIpc) is 3.35. The minimum atomic E-state index is -1.29. The molecule has 0 saturated carbocycles. The monoisotopic (exact) mass is 644 g/mol. The fraction of sp³-hybridized carbons (Fsp3) is 0.630. The van der Waals surface area contributed by atoms with Crippen molar-refractivity contribution in [3.63, 3.8) is 0 Å². The summed E-state index contributed by atoms with van der Waals surface area (Å²) in [7, 11) is 0. The quantitative estimate of drug-likeness (QED) is 0.0939. The topological polar surface area (TPSA) is 278 Å². The summed E-state index contributed by atoms with van der Waals surface area (Å²) in [6.45, 7) is 7.02. The molecule has 254 valence electrons. The molecule has 0 aliphatic heterocycles. The molecule has 0 bridgehead atoms. The number of carbonyl (C=O) groups excluding carboxylic acids is 2. The zero-order valence-electron chi connectivity index (χ0n) is 26.0. The van der Waals surface area contributed by atoms with Crippen LogP contribution in [0.4, 0.5) is 4.79 Å².